The van der Waals surface area contributed by atoms with E-state index in [2.05, 4.69) is 71.7 Å². The summed E-state index contributed by atoms with van der Waals surface area (Å²) >= 11 is 1.83. The van der Waals surface area contributed by atoms with Gasteiger partial charge >= 0.3 is 7.12 Å². The average molecular weight is 372 g/mol. The average Bonchev–Trinajstić information content (AvgIpc) is 3.12. The number of aromatic nitrogens is 1. The lowest BCUT2D eigenvalue weighted by Gasteiger charge is -2.32. The number of hydrogen-bond acceptors (Lipinski definition) is 5. The molecule has 2 aromatic rings. The van der Waals surface area contributed by atoms with Crippen LogP contribution in [-0.4, -0.2) is 47.3 Å². The minimum atomic E-state index is -0.330. The lowest BCUT2D eigenvalue weighted by atomic mass is 9.79. The molecule has 0 amide bonds. The molecule has 140 valence electrons. The molecule has 4 rings (SSSR count). The molecule has 0 saturated carbocycles. The van der Waals surface area contributed by atoms with Crippen molar-refractivity contribution in [1.82, 2.24) is 9.88 Å². The van der Waals surface area contributed by atoms with Crippen molar-refractivity contribution in [1.29, 1.82) is 0 Å². The van der Waals surface area contributed by atoms with Crippen molar-refractivity contribution in [2.45, 2.75) is 70.6 Å². The van der Waals surface area contributed by atoms with E-state index in [-0.39, 0.29) is 23.9 Å². The number of nitrogens with zero attached hydrogens (tertiary/aromatic N) is 2. The second-order valence-corrected chi connectivity index (χ2v) is 10.3. The van der Waals surface area contributed by atoms with Crippen LogP contribution in [0.1, 0.15) is 58.9 Å². The summed E-state index contributed by atoms with van der Waals surface area (Å²) in [4.78, 5) is 7.45. The summed E-state index contributed by atoms with van der Waals surface area (Å²) in [7, 11) is 1.88. The summed E-state index contributed by atoms with van der Waals surface area (Å²) in [6.45, 7) is 14.1. The summed E-state index contributed by atoms with van der Waals surface area (Å²) in [5, 5.41) is 1.25. The Kier molecular flexibility index (Phi) is 4.09. The molecule has 0 aliphatic carbocycles. The van der Waals surface area contributed by atoms with Gasteiger partial charge in [-0.1, -0.05) is 6.07 Å². The molecule has 0 radical (unpaired) electrons. The summed E-state index contributed by atoms with van der Waals surface area (Å²) in [6, 6.07) is 6.43. The van der Waals surface area contributed by atoms with Gasteiger partial charge in [0.1, 0.15) is 0 Å². The van der Waals surface area contributed by atoms with E-state index in [0.29, 0.717) is 5.92 Å². The Labute approximate surface area is 161 Å². The SMILES string of the molecule is CN1CCC(c2nc3cc(B4OC(C)(C)C(C)(C)O4)ccc3s2)C1(C)C. The van der Waals surface area contributed by atoms with Crippen LogP contribution in [-0.2, 0) is 9.31 Å². The number of hydrogen-bond donors (Lipinski definition) is 0. The first-order chi connectivity index (χ1) is 12.0. The Hall–Kier alpha value is -0.945. The van der Waals surface area contributed by atoms with Crippen LogP contribution in [0.3, 0.4) is 0 Å². The quantitative estimate of drug-likeness (QED) is 0.752. The Balaban J connectivity index is 1.65. The highest BCUT2D eigenvalue weighted by Gasteiger charge is 2.51. The molecule has 0 spiro atoms. The third-order valence-corrected chi connectivity index (χ3v) is 7.99. The summed E-state index contributed by atoms with van der Waals surface area (Å²) in [6.07, 6.45) is 1.17. The Bertz CT molecular complexity index is 829. The largest absolute Gasteiger partial charge is 0.494 e. The van der Waals surface area contributed by atoms with E-state index in [0.717, 1.165) is 17.5 Å². The molecule has 0 bridgehead atoms. The topological polar surface area (TPSA) is 34.6 Å². The summed E-state index contributed by atoms with van der Waals surface area (Å²) in [5.74, 6) is 0.491. The molecule has 3 heterocycles. The number of thiazole rings is 1. The van der Waals surface area contributed by atoms with Crippen molar-refractivity contribution in [3.63, 3.8) is 0 Å². The number of fused-ring (bicyclic) bond motifs is 1. The van der Waals surface area contributed by atoms with Crippen LogP contribution in [0.5, 0.6) is 0 Å². The van der Waals surface area contributed by atoms with Crippen LogP contribution in [0, 0.1) is 0 Å². The smallest absolute Gasteiger partial charge is 0.399 e. The van der Waals surface area contributed by atoms with Crippen molar-refractivity contribution in [3.05, 3.63) is 23.2 Å². The van der Waals surface area contributed by atoms with Crippen LogP contribution in [0.2, 0.25) is 0 Å². The molecular formula is C20H29BN2O2S. The van der Waals surface area contributed by atoms with Gasteiger partial charge in [0.25, 0.3) is 0 Å². The van der Waals surface area contributed by atoms with Gasteiger partial charge in [0, 0.05) is 11.5 Å². The monoisotopic (exact) mass is 372 g/mol. The van der Waals surface area contributed by atoms with Gasteiger partial charge < -0.3 is 14.2 Å². The predicted molar refractivity (Wildman–Crippen MR) is 109 cm³/mol. The number of likely N-dealkylation sites (tertiary alicyclic amines) is 1. The van der Waals surface area contributed by atoms with Crippen molar-refractivity contribution >= 4 is 34.1 Å². The number of likely N-dealkylation sites (N-methyl/N-ethyl adjacent to an activating group) is 1. The Morgan fingerprint density at radius 1 is 1.12 bits per heavy atom. The first kappa shape index (κ1) is 18.4. The van der Waals surface area contributed by atoms with Crippen LogP contribution >= 0.6 is 11.3 Å². The van der Waals surface area contributed by atoms with Crippen LogP contribution in [0.25, 0.3) is 10.2 Å². The zero-order valence-corrected chi connectivity index (χ0v) is 17.7. The van der Waals surface area contributed by atoms with Crippen molar-refractivity contribution in [2.75, 3.05) is 13.6 Å². The van der Waals surface area contributed by atoms with Gasteiger partial charge in [0.05, 0.1) is 26.4 Å². The van der Waals surface area contributed by atoms with Crippen LogP contribution in [0.4, 0.5) is 0 Å². The van der Waals surface area contributed by atoms with Crippen molar-refractivity contribution in [2.24, 2.45) is 0 Å². The molecule has 4 nitrogen and oxygen atoms in total. The zero-order chi connectivity index (χ0) is 18.9. The minimum Gasteiger partial charge on any atom is -0.399 e. The van der Waals surface area contributed by atoms with E-state index >= 15 is 0 Å². The maximum atomic E-state index is 6.20. The highest BCUT2D eigenvalue weighted by Crippen LogP contribution is 2.43. The third-order valence-electron chi connectivity index (χ3n) is 6.84. The molecular weight excluding hydrogens is 343 g/mol. The molecule has 1 unspecified atom stereocenters. The Morgan fingerprint density at radius 2 is 1.77 bits per heavy atom. The fourth-order valence-corrected chi connectivity index (χ4v) is 5.16. The molecule has 2 aliphatic rings. The van der Waals surface area contributed by atoms with Gasteiger partial charge in [-0.25, -0.2) is 4.98 Å². The van der Waals surface area contributed by atoms with E-state index < -0.39 is 0 Å². The Morgan fingerprint density at radius 3 is 2.35 bits per heavy atom. The third kappa shape index (κ3) is 2.73. The van der Waals surface area contributed by atoms with E-state index in [1.54, 1.807) is 0 Å². The molecule has 2 saturated heterocycles. The summed E-state index contributed by atoms with van der Waals surface area (Å²) in [5.41, 5.74) is 1.62. The normalized spacial score (nSPS) is 27.5. The molecule has 26 heavy (non-hydrogen) atoms. The first-order valence-corrected chi connectivity index (χ1v) is 10.3. The molecule has 1 aromatic carbocycles. The van der Waals surface area contributed by atoms with E-state index in [4.69, 9.17) is 14.3 Å². The number of benzene rings is 1. The highest BCUT2D eigenvalue weighted by atomic mass is 32.1. The maximum Gasteiger partial charge on any atom is 0.494 e. The van der Waals surface area contributed by atoms with Crippen LogP contribution in [0.15, 0.2) is 18.2 Å². The molecule has 1 aromatic heterocycles. The predicted octanol–water partition coefficient (Wildman–Crippen LogP) is 3.79. The maximum absolute atomic E-state index is 6.20. The number of rotatable bonds is 2. The van der Waals surface area contributed by atoms with Gasteiger partial charge in [-0.2, -0.15) is 0 Å². The van der Waals surface area contributed by atoms with E-state index in [1.165, 1.54) is 16.1 Å². The first-order valence-electron chi connectivity index (χ1n) is 9.48. The molecule has 0 N–H and O–H groups in total. The fourth-order valence-electron chi connectivity index (χ4n) is 3.89. The second kappa shape index (κ2) is 5.77. The standard InChI is InChI=1S/C20H29BN2O2S/c1-18(2)14(10-11-23(18)7)17-22-15-12-13(8-9-16(15)26-17)21-24-19(3,4)20(5,6)25-21/h8-9,12,14H,10-11H2,1-7H3. The van der Waals surface area contributed by atoms with E-state index in [9.17, 15) is 0 Å². The minimum absolute atomic E-state index is 0.155. The van der Waals surface area contributed by atoms with Gasteiger partial charge in [-0.05, 0) is 79.2 Å². The van der Waals surface area contributed by atoms with Gasteiger partial charge in [0.15, 0.2) is 0 Å². The van der Waals surface area contributed by atoms with Crippen LogP contribution < -0.4 is 5.46 Å². The van der Waals surface area contributed by atoms with Gasteiger partial charge in [0.2, 0.25) is 0 Å². The second-order valence-electron chi connectivity index (χ2n) is 9.28. The van der Waals surface area contributed by atoms with Crippen molar-refractivity contribution < 1.29 is 9.31 Å². The lowest BCUT2D eigenvalue weighted by molar-refractivity contribution is 0.00578. The lowest BCUT2D eigenvalue weighted by Crippen LogP contribution is -2.41. The zero-order valence-electron chi connectivity index (χ0n) is 16.9. The molecule has 6 heteroatoms. The van der Waals surface area contributed by atoms with Gasteiger partial charge in [-0.15, -0.1) is 11.3 Å². The van der Waals surface area contributed by atoms with Crippen molar-refractivity contribution in [3.8, 4) is 0 Å². The summed E-state index contributed by atoms with van der Waals surface area (Å²) < 4.78 is 13.6. The molecule has 2 fully saturated rings. The van der Waals surface area contributed by atoms with Gasteiger partial charge in [-0.3, -0.25) is 0 Å². The molecule has 1 atom stereocenters. The van der Waals surface area contributed by atoms with E-state index in [1.807, 2.05) is 11.3 Å². The fraction of sp³-hybridized carbons (Fsp3) is 0.650. The molecule has 2 aliphatic heterocycles. The highest BCUT2D eigenvalue weighted by molar-refractivity contribution is 7.18.